The molecule has 0 saturated carbocycles. The third kappa shape index (κ3) is 35.3. The molecule has 49 heavy (non-hydrogen) atoms. The quantitative estimate of drug-likeness (QED) is 0.0642. The lowest BCUT2D eigenvalue weighted by Gasteiger charge is -2.18. The van der Waals surface area contributed by atoms with E-state index in [0.717, 1.165) is 26.1 Å². The Morgan fingerprint density at radius 3 is 1.08 bits per heavy atom. The number of unbranched alkanes of at least 4 members (excludes halogenated alkanes) is 30. The smallest absolute Gasteiger partial charge is 0.104 e. The standard InChI is InChI=1S/C46H86O3/c1-3-5-7-9-11-13-15-17-19-21-23-25-27-29-31-36-40-47-43-46(44-48-42-45-38-34-33-35-39-45)49-41-37-32-30-28-26-24-22-20-18-16-14-12-10-8-6-4-2/h33-35,38-39,46H,3-32,36-37,40-44H2,1-2H3. The van der Waals surface area contributed by atoms with Crippen molar-refractivity contribution in [1.82, 2.24) is 0 Å². The highest BCUT2D eigenvalue weighted by molar-refractivity contribution is 5.13. The molecule has 1 aromatic carbocycles. The van der Waals surface area contributed by atoms with Gasteiger partial charge in [0, 0.05) is 13.2 Å². The van der Waals surface area contributed by atoms with Crippen LogP contribution < -0.4 is 0 Å². The molecule has 1 aromatic rings. The highest BCUT2D eigenvalue weighted by atomic mass is 16.6. The summed E-state index contributed by atoms with van der Waals surface area (Å²) in [5, 5.41) is 0. The monoisotopic (exact) mass is 687 g/mol. The molecule has 3 heteroatoms. The minimum atomic E-state index is 0.0288. The summed E-state index contributed by atoms with van der Waals surface area (Å²) in [4.78, 5) is 0. The van der Waals surface area contributed by atoms with Crippen LogP contribution in [0.4, 0.5) is 0 Å². The fourth-order valence-electron chi connectivity index (χ4n) is 6.89. The molecule has 3 nitrogen and oxygen atoms in total. The van der Waals surface area contributed by atoms with Gasteiger partial charge in [-0.1, -0.05) is 237 Å². The first-order valence-corrected chi connectivity index (χ1v) is 22.2. The molecule has 1 rings (SSSR count). The van der Waals surface area contributed by atoms with Gasteiger partial charge < -0.3 is 14.2 Å². The molecule has 0 saturated heterocycles. The number of hydrogen-bond acceptors (Lipinski definition) is 3. The van der Waals surface area contributed by atoms with Crippen LogP contribution in [0.1, 0.15) is 225 Å². The Morgan fingerprint density at radius 1 is 0.367 bits per heavy atom. The zero-order valence-electron chi connectivity index (χ0n) is 33.4. The van der Waals surface area contributed by atoms with Gasteiger partial charge in [-0.3, -0.25) is 0 Å². The molecule has 0 aliphatic heterocycles. The van der Waals surface area contributed by atoms with Crippen LogP contribution in [-0.2, 0) is 20.8 Å². The van der Waals surface area contributed by atoms with Crippen molar-refractivity contribution in [2.24, 2.45) is 0 Å². The molecule has 0 aliphatic rings. The second-order valence-electron chi connectivity index (χ2n) is 15.2. The van der Waals surface area contributed by atoms with Crippen LogP contribution in [0, 0.1) is 0 Å². The highest BCUT2D eigenvalue weighted by Crippen LogP contribution is 2.16. The molecule has 1 atom stereocenters. The van der Waals surface area contributed by atoms with Crippen LogP contribution in [0.15, 0.2) is 30.3 Å². The predicted molar refractivity (Wildman–Crippen MR) is 216 cm³/mol. The number of hydrogen-bond donors (Lipinski definition) is 0. The summed E-state index contributed by atoms with van der Waals surface area (Å²) < 4.78 is 18.4. The lowest BCUT2D eigenvalue weighted by molar-refractivity contribution is -0.0645. The van der Waals surface area contributed by atoms with E-state index in [1.165, 1.54) is 198 Å². The minimum Gasteiger partial charge on any atom is -0.379 e. The summed E-state index contributed by atoms with van der Waals surface area (Å²) in [6, 6.07) is 10.5. The van der Waals surface area contributed by atoms with E-state index in [4.69, 9.17) is 14.2 Å². The van der Waals surface area contributed by atoms with Gasteiger partial charge in [-0.2, -0.15) is 0 Å². The molecule has 0 radical (unpaired) electrons. The van der Waals surface area contributed by atoms with Crippen LogP contribution >= 0.6 is 0 Å². The van der Waals surface area contributed by atoms with E-state index in [2.05, 4.69) is 44.2 Å². The largest absolute Gasteiger partial charge is 0.379 e. The summed E-state index contributed by atoms with van der Waals surface area (Å²) in [6.45, 7) is 8.15. The molecule has 0 fully saturated rings. The van der Waals surface area contributed by atoms with Gasteiger partial charge >= 0.3 is 0 Å². The van der Waals surface area contributed by atoms with Gasteiger partial charge in [-0.15, -0.1) is 0 Å². The fraction of sp³-hybridized carbons (Fsp3) is 0.870. The van der Waals surface area contributed by atoms with Crippen LogP contribution in [0.5, 0.6) is 0 Å². The van der Waals surface area contributed by atoms with Gasteiger partial charge in [0.25, 0.3) is 0 Å². The second kappa shape index (κ2) is 39.9. The van der Waals surface area contributed by atoms with Gasteiger partial charge in [0.1, 0.15) is 6.10 Å². The zero-order chi connectivity index (χ0) is 35.0. The normalized spacial score (nSPS) is 12.2. The molecule has 0 amide bonds. The molecule has 0 bridgehead atoms. The number of rotatable bonds is 41. The third-order valence-electron chi connectivity index (χ3n) is 10.2. The molecular formula is C46H86O3. The maximum atomic E-state index is 6.28. The van der Waals surface area contributed by atoms with Crippen LogP contribution in [0.2, 0.25) is 0 Å². The maximum absolute atomic E-state index is 6.28. The van der Waals surface area contributed by atoms with E-state index in [1.807, 2.05) is 0 Å². The van der Waals surface area contributed by atoms with Crippen LogP contribution in [0.25, 0.3) is 0 Å². The topological polar surface area (TPSA) is 27.7 Å². The molecule has 0 N–H and O–H groups in total. The van der Waals surface area contributed by atoms with Crippen molar-refractivity contribution in [2.45, 2.75) is 232 Å². The van der Waals surface area contributed by atoms with Crippen molar-refractivity contribution in [3.63, 3.8) is 0 Å². The summed E-state index contributed by atoms with van der Waals surface area (Å²) >= 11 is 0. The molecule has 1 unspecified atom stereocenters. The van der Waals surface area contributed by atoms with E-state index >= 15 is 0 Å². The van der Waals surface area contributed by atoms with Gasteiger partial charge in [0.15, 0.2) is 0 Å². The minimum absolute atomic E-state index is 0.0288. The summed E-state index contributed by atoms with van der Waals surface area (Å²) in [5.41, 5.74) is 1.22. The molecule has 0 aliphatic carbocycles. The van der Waals surface area contributed by atoms with E-state index in [-0.39, 0.29) is 6.10 Å². The molecular weight excluding hydrogens is 601 g/mol. The Hall–Kier alpha value is -0.900. The van der Waals surface area contributed by atoms with Crippen molar-refractivity contribution in [1.29, 1.82) is 0 Å². The first-order valence-electron chi connectivity index (χ1n) is 22.2. The molecule has 0 spiro atoms. The van der Waals surface area contributed by atoms with Crippen molar-refractivity contribution >= 4 is 0 Å². The lowest BCUT2D eigenvalue weighted by atomic mass is 10.0. The van der Waals surface area contributed by atoms with Gasteiger partial charge in [-0.25, -0.2) is 0 Å². The van der Waals surface area contributed by atoms with Crippen LogP contribution in [-0.4, -0.2) is 32.5 Å². The highest BCUT2D eigenvalue weighted by Gasteiger charge is 2.10. The average Bonchev–Trinajstić information content (AvgIpc) is 3.12. The fourth-order valence-corrected chi connectivity index (χ4v) is 6.89. The summed E-state index contributed by atoms with van der Waals surface area (Å²) in [7, 11) is 0. The molecule has 0 heterocycles. The predicted octanol–water partition coefficient (Wildman–Crippen LogP) is 15.1. The van der Waals surface area contributed by atoms with Crippen molar-refractivity contribution in [2.75, 3.05) is 26.4 Å². The third-order valence-corrected chi connectivity index (χ3v) is 10.2. The van der Waals surface area contributed by atoms with E-state index in [9.17, 15) is 0 Å². The maximum Gasteiger partial charge on any atom is 0.104 e. The second-order valence-corrected chi connectivity index (χ2v) is 15.2. The first-order chi connectivity index (χ1) is 24.4. The van der Waals surface area contributed by atoms with E-state index in [0.29, 0.717) is 19.8 Å². The van der Waals surface area contributed by atoms with Crippen molar-refractivity contribution in [3.05, 3.63) is 35.9 Å². The lowest BCUT2D eigenvalue weighted by Crippen LogP contribution is -2.26. The Morgan fingerprint density at radius 2 is 0.694 bits per heavy atom. The number of benzene rings is 1. The van der Waals surface area contributed by atoms with Gasteiger partial charge in [0.05, 0.1) is 19.8 Å². The Kier molecular flexibility index (Phi) is 37.5. The van der Waals surface area contributed by atoms with Crippen molar-refractivity contribution in [3.8, 4) is 0 Å². The summed E-state index contributed by atoms with van der Waals surface area (Å²) in [5.74, 6) is 0. The van der Waals surface area contributed by atoms with Crippen LogP contribution in [0.3, 0.4) is 0 Å². The van der Waals surface area contributed by atoms with E-state index < -0.39 is 0 Å². The SMILES string of the molecule is CCCCCCCCCCCCCCCCCCOCC(COCc1ccccc1)OCCCCCCCCCCCCCCCCCC. The summed E-state index contributed by atoms with van der Waals surface area (Å²) in [6.07, 6.45) is 44.8. The first kappa shape index (κ1) is 46.1. The zero-order valence-corrected chi connectivity index (χ0v) is 33.4. The Bertz CT molecular complexity index is 722. The average molecular weight is 687 g/mol. The Labute approximate surface area is 307 Å². The van der Waals surface area contributed by atoms with E-state index in [1.54, 1.807) is 0 Å². The van der Waals surface area contributed by atoms with Crippen molar-refractivity contribution < 1.29 is 14.2 Å². The Balaban J connectivity index is 2.00. The molecule has 0 aromatic heterocycles. The number of ether oxygens (including phenoxy) is 3. The molecule has 288 valence electrons. The van der Waals surface area contributed by atoms with Gasteiger partial charge in [-0.05, 0) is 18.4 Å². The van der Waals surface area contributed by atoms with Gasteiger partial charge in [0.2, 0.25) is 0 Å².